The van der Waals surface area contributed by atoms with Gasteiger partial charge in [-0.3, -0.25) is 10.1 Å². The molecular weight excluding hydrogens is 537 g/mol. The molecule has 2 saturated carbocycles. The summed E-state index contributed by atoms with van der Waals surface area (Å²) in [5, 5.41) is 14.6. The first kappa shape index (κ1) is 27.4. The minimum atomic E-state index is -4.73. The van der Waals surface area contributed by atoms with E-state index in [4.69, 9.17) is 4.42 Å². The number of aromatic nitrogens is 1. The molecule has 4 fully saturated rings. The van der Waals surface area contributed by atoms with Gasteiger partial charge >= 0.3 is 6.36 Å². The third kappa shape index (κ3) is 6.28. The van der Waals surface area contributed by atoms with Crippen LogP contribution < -0.4 is 15.0 Å². The number of benzene rings is 2. The van der Waals surface area contributed by atoms with E-state index in [0.717, 1.165) is 44.3 Å². The largest absolute Gasteiger partial charge is 0.573 e. The molecule has 0 spiro atoms. The van der Waals surface area contributed by atoms with Crippen molar-refractivity contribution in [2.75, 3.05) is 16.8 Å². The van der Waals surface area contributed by atoms with Crippen molar-refractivity contribution >= 4 is 17.4 Å². The summed E-state index contributed by atoms with van der Waals surface area (Å²) in [7, 11) is 0. The Morgan fingerprint density at radius 2 is 1.78 bits per heavy atom. The molecule has 3 aromatic rings. The lowest BCUT2D eigenvalue weighted by atomic mass is 9.67. The fourth-order valence-electron chi connectivity index (χ4n) is 7.17. The Morgan fingerprint density at radius 3 is 2.49 bits per heavy atom. The fraction of sp³-hybridized carbons (Fsp3) is 0.500. The van der Waals surface area contributed by atoms with Crippen LogP contribution in [0, 0.1) is 27.9 Å². The molecule has 4 aliphatic rings. The molecule has 2 aromatic carbocycles. The Kier molecular flexibility index (Phi) is 7.52. The number of hydrogen-bond acceptors (Lipinski definition) is 7. The first-order chi connectivity index (χ1) is 19.7. The molecular formula is C30H33F3N4O4. The first-order valence-electron chi connectivity index (χ1n) is 14.3. The van der Waals surface area contributed by atoms with Crippen molar-refractivity contribution in [3.8, 4) is 17.1 Å². The van der Waals surface area contributed by atoms with Crippen LogP contribution in [-0.2, 0) is 0 Å². The van der Waals surface area contributed by atoms with E-state index >= 15 is 0 Å². The van der Waals surface area contributed by atoms with Gasteiger partial charge in [-0.05, 0) is 92.7 Å². The summed E-state index contributed by atoms with van der Waals surface area (Å²) in [6.45, 7) is 1.01. The molecule has 8 nitrogen and oxygen atoms in total. The van der Waals surface area contributed by atoms with Crippen LogP contribution in [0.2, 0.25) is 0 Å². The zero-order valence-corrected chi connectivity index (χ0v) is 22.6. The van der Waals surface area contributed by atoms with Crippen LogP contribution in [0.5, 0.6) is 5.75 Å². The number of fused-ring (bicyclic) bond motifs is 3. The van der Waals surface area contributed by atoms with Crippen molar-refractivity contribution in [2.24, 2.45) is 17.8 Å². The number of piperidine rings is 2. The van der Waals surface area contributed by atoms with Crippen molar-refractivity contribution in [1.82, 2.24) is 4.98 Å². The lowest BCUT2D eigenvalue weighted by Crippen LogP contribution is -2.54. The molecule has 5 atom stereocenters. The number of nitro groups is 1. The molecule has 1 N–H and O–H groups in total. The molecule has 2 aliphatic heterocycles. The number of hydrogen-bond donors (Lipinski definition) is 1. The number of non-ortho nitro benzene ring substituents is 1. The van der Waals surface area contributed by atoms with Gasteiger partial charge in [0.2, 0.25) is 0 Å². The van der Waals surface area contributed by atoms with E-state index in [-0.39, 0.29) is 22.4 Å². The van der Waals surface area contributed by atoms with Gasteiger partial charge in [0.1, 0.15) is 5.75 Å². The average Bonchev–Trinajstić information content (AvgIpc) is 3.42. The van der Waals surface area contributed by atoms with Gasteiger partial charge in [-0.15, -0.1) is 13.2 Å². The van der Waals surface area contributed by atoms with Gasteiger partial charge in [0.05, 0.1) is 11.1 Å². The van der Waals surface area contributed by atoms with E-state index < -0.39 is 6.36 Å². The van der Waals surface area contributed by atoms with Crippen LogP contribution in [0.1, 0.15) is 51.4 Å². The molecule has 218 valence electrons. The minimum absolute atomic E-state index is 0.116. The van der Waals surface area contributed by atoms with E-state index in [1.807, 2.05) is 12.1 Å². The summed E-state index contributed by atoms with van der Waals surface area (Å²) in [4.78, 5) is 17.6. The van der Waals surface area contributed by atoms with Crippen LogP contribution >= 0.6 is 0 Å². The van der Waals surface area contributed by atoms with Crippen molar-refractivity contribution in [2.45, 2.75) is 69.8 Å². The predicted octanol–water partition coefficient (Wildman–Crippen LogP) is 7.81. The lowest BCUT2D eigenvalue weighted by Gasteiger charge is -2.52. The number of anilines is 2. The van der Waals surface area contributed by atoms with Gasteiger partial charge in [0, 0.05) is 42.0 Å². The Morgan fingerprint density at radius 1 is 1.02 bits per heavy atom. The highest BCUT2D eigenvalue weighted by atomic mass is 19.4. The maximum Gasteiger partial charge on any atom is 0.573 e. The molecule has 11 heteroatoms. The lowest BCUT2D eigenvalue weighted by molar-refractivity contribution is -0.384. The van der Waals surface area contributed by atoms with Gasteiger partial charge in [0.15, 0.2) is 5.76 Å². The molecule has 2 bridgehead atoms. The van der Waals surface area contributed by atoms with Crippen LogP contribution in [-0.4, -0.2) is 34.9 Å². The quantitative estimate of drug-likeness (QED) is 0.218. The smallest absolute Gasteiger partial charge is 0.424 e. The van der Waals surface area contributed by atoms with Gasteiger partial charge in [-0.25, -0.2) is 4.98 Å². The number of nitro benzene ring substituents is 1. The number of ether oxygens (including phenoxy) is 1. The molecule has 2 aliphatic carbocycles. The molecule has 41 heavy (non-hydrogen) atoms. The van der Waals surface area contributed by atoms with Crippen molar-refractivity contribution in [3.05, 3.63) is 64.8 Å². The standard InChI is InChI=1S/C30H33F3N4O4/c31-30(32,33)41-25-12-6-20(7-13-25)28-17-34-29(40-28)35-26-4-2-1-3-21(26)16-22-15-19-5-14-27(22)36(18-19)23-8-10-24(11-9-23)37(38)39/h6-13,17,19,21-22,26-27H,1-5,14-16,18H2,(H,34,35)/t19?,21-,22+,26+,27?/m0/s1. The monoisotopic (exact) mass is 570 g/mol. The van der Waals surface area contributed by atoms with Crippen LogP contribution in [0.15, 0.2) is 59.1 Å². The molecule has 3 heterocycles. The number of rotatable bonds is 8. The Labute approximate surface area is 236 Å². The molecule has 7 rings (SSSR count). The zero-order valence-electron chi connectivity index (χ0n) is 22.6. The maximum absolute atomic E-state index is 12.5. The summed E-state index contributed by atoms with van der Waals surface area (Å²) in [6.07, 6.45) is 6.05. The normalized spacial score (nSPS) is 26.1. The summed E-state index contributed by atoms with van der Waals surface area (Å²) >= 11 is 0. The highest BCUT2D eigenvalue weighted by Gasteiger charge is 2.42. The summed E-state index contributed by atoms with van der Waals surface area (Å²) < 4.78 is 47.3. The molecule has 2 saturated heterocycles. The maximum atomic E-state index is 12.5. The summed E-state index contributed by atoms with van der Waals surface area (Å²) in [5.74, 6) is 1.86. The summed E-state index contributed by atoms with van der Waals surface area (Å²) in [6, 6.07) is 13.6. The molecule has 2 unspecified atom stereocenters. The van der Waals surface area contributed by atoms with Gasteiger partial charge in [0.25, 0.3) is 11.7 Å². The second-order valence-electron chi connectivity index (χ2n) is 11.6. The first-order valence-corrected chi connectivity index (χ1v) is 14.3. The zero-order chi connectivity index (χ0) is 28.6. The molecule has 0 radical (unpaired) electrons. The predicted molar refractivity (Wildman–Crippen MR) is 148 cm³/mol. The number of nitrogens with one attached hydrogen (secondary N) is 1. The third-order valence-corrected chi connectivity index (χ3v) is 9.00. The van der Waals surface area contributed by atoms with Crippen LogP contribution in [0.4, 0.5) is 30.6 Å². The Hall–Kier alpha value is -3.76. The summed E-state index contributed by atoms with van der Waals surface area (Å²) in [5.41, 5.74) is 1.80. The topological polar surface area (TPSA) is 93.7 Å². The minimum Gasteiger partial charge on any atom is -0.424 e. The molecule has 1 aromatic heterocycles. The van der Waals surface area contributed by atoms with E-state index in [0.29, 0.717) is 41.1 Å². The second-order valence-corrected chi connectivity index (χ2v) is 11.6. The van der Waals surface area contributed by atoms with Crippen LogP contribution in [0.25, 0.3) is 11.3 Å². The number of nitrogens with zero attached hydrogens (tertiary/aromatic N) is 3. The Balaban J connectivity index is 1.11. The van der Waals surface area contributed by atoms with E-state index in [2.05, 4.69) is 19.9 Å². The van der Waals surface area contributed by atoms with E-state index in [1.54, 1.807) is 18.3 Å². The van der Waals surface area contributed by atoms with E-state index in [9.17, 15) is 23.3 Å². The van der Waals surface area contributed by atoms with Crippen LogP contribution in [0.3, 0.4) is 0 Å². The van der Waals surface area contributed by atoms with E-state index in [1.165, 1.54) is 43.5 Å². The third-order valence-electron chi connectivity index (χ3n) is 9.00. The Bertz CT molecular complexity index is 1350. The SMILES string of the molecule is O=[N+]([O-])c1ccc(N2CC3CCC2[C@@H](C[C@@H]2CCCC[C@H]2Nc2ncc(-c4ccc(OC(F)(F)F)cc4)o2)C3)cc1. The van der Waals surface area contributed by atoms with Crippen molar-refractivity contribution in [3.63, 3.8) is 0 Å². The number of oxazole rings is 1. The number of halogens is 3. The van der Waals surface area contributed by atoms with Gasteiger partial charge in [-0.2, -0.15) is 0 Å². The van der Waals surface area contributed by atoms with Crippen molar-refractivity contribution in [1.29, 1.82) is 0 Å². The highest BCUT2D eigenvalue weighted by molar-refractivity contribution is 5.58. The highest BCUT2D eigenvalue weighted by Crippen LogP contribution is 2.46. The average molecular weight is 571 g/mol. The van der Waals surface area contributed by atoms with Gasteiger partial charge < -0.3 is 19.4 Å². The number of alkyl halides is 3. The fourth-order valence-corrected chi connectivity index (χ4v) is 7.17. The van der Waals surface area contributed by atoms with Gasteiger partial charge in [-0.1, -0.05) is 12.8 Å². The molecule has 0 amide bonds. The second kappa shape index (κ2) is 11.3. The van der Waals surface area contributed by atoms with Crippen molar-refractivity contribution < 1.29 is 27.2 Å².